The highest BCUT2D eigenvalue weighted by Gasteiger charge is 2.18. The number of hydrogen-bond donors (Lipinski definition) is 2. The molecule has 3 aromatic rings. The first-order valence-electron chi connectivity index (χ1n) is 8.27. The lowest BCUT2D eigenvalue weighted by molar-refractivity contribution is -0.384. The van der Waals surface area contributed by atoms with Crippen molar-refractivity contribution >= 4 is 40.8 Å². The summed E-state index contributed by atoms with van der Waals surface area (Å²) in [6, 6.07) is 11.1. The molecule has 1 heterocycles. The molecule has 0 fully saturated rings. The van der Waals surface area contributed by atoms with Gasteiger partial charge in [0.2, 0.25) is 11.9 Å². The smallest absolute Gasteiger partial charge is 0.338 e. The van der Waals surface area contributed by atoms with Crippen LogP contribution in [-0.2, 0) is 11.3 Å². The molecule has 0 aliphatic rings. The van der Waals surface area contributed by atoms with Gasteiger partial charge in [-0.25, -0.2) is 4.79 Å². The highest BCUT2D eigenvalue weighted by Crippen LogP contribution is 2.25. The third kappa shape index (κ3) is 5.14. The topological polar surface area (TPSA) is 146 Å². The maximum atomic E-state index is 12.2. The van der Waals surface area contributed by atoms with E-state index in [1.165, 1.54) is 12.1 Å². The van der Waals surface area contributed by atoms with Crippen molar-refractivity contribution in [2.24, 2.45) is 0 Å². The van der Waals surface area contributed by atoms with E-state index in [0.717, 1.165) is 17.3 Å². The molecule has 0 unspecified atom stereocenters. The number of nitrogens with one attached hydrogen (secondary N) is 1. The summed E-state index contributed by atoms with van der Waals surface area (Å²) in [5.74, 6) is -0.543. The predicted octanol–water partition coefficient (Wildman–Crippen LogP) is 3.42. The van der Waals surface area contributed by atoms with Gasteiger partial charge in [-0.2, -0.15) is 15.0 Å². The summed E-state index contributed by atoms with van der Waals surface area (Å²) in [4.78, 5) is 34.5. The van der Waals surface area contributed by atoms with Gasteiger partial charge in [0.15, 0.2) is 12.4 Å². The van der Waals surface area contributed by atoms with Gasteiger partial charge in [0.05, 0.1) is 10.5 Å². The second-order valence-corrected chi connectivity index (χ2v) is 6.33. The minimum atomic E-state index is -0.795. The Morgan fingerprint density at radius 2 is 1.93 bits per heavy atom. The number of aryl methyl sites for hydroxylation is 1. The number of nitrogens with two attached hydrogens (primary N) is 1. The summed E-state index contributed by atoms with van der Waals surface area (Å²) in [5.41, 5.74) is 7.12. The lowest BCUT2D eigenvalue weighted by Gasteiger charge is -2.08. The van der Waals surface area contributed by atoms with Crippen molar-refractivity contribution in [3.05, 3.63) is 74.6 Å². The summed E-state index contributed by atoms with van der Waals surface area (Å²) in [5, 5.41) is 13.8. The summed E-state index contributed by atoms with van der Waals surface area (Å²) >= 11 is 5.74. The fourth-order valence-corrected chi connectivity index (χ4v) is 2.50. The highest BCUT2D eigenvalue weighted by atomic mass is 35.5. The van der Waals surface area contributed by atoms with E-state index in [2.05, 4.69) is 20.3 Å². The van der Waals surface area contributed by atoms with Crippen LogP contribution in [-0.4, -0.2) is 25.8 Å². The number of nitro groups is 1. The normalized spacial score (nSPS) is 10.4. The van der Waals surface area contributed by atoms with E-state index in [9.17, 15) is 14.9 Å². The number of nitrogen functional groups attached to an aromatic ring is 1. The van der Waals surface area contributed by atoms with Crippen molar-refractivity contribution in [1.29, 1.82) is 0 Å². The SMILES string of the molecule is Cc1ccc(Nc2nc(N)nc(COC(=O)c3ccc(Cl)c([N+](=O)[O-])c3)n2)cc1. The van der Waals surface area contributed by atoms with Crippen molar-refractivity contribution in [2.45, 2.75) is 13.5 Å². The van der Waals surface area contributed by atoms with Crippen molar-refractivity contribution in [2.75, 3.05) is 11.1 Å². The van der Waals surface area contributed by atoms with Gasteiger partial charge in [0.25, 0.3) is 5.69 Å². The monoisotopic (exact) mass is 414 g/mol. The van der Waals surface area contributed by atoms with Crippen LogP contribution in [0.5, 0.6) is 0 Å². The molecule has 1 aromatic heterocycles. The molecule has 0 bridgehead atoms. The largest absolute Gasteiger partial charge is 0.454 e. The van der Waals surface area contributed by atoms with Crippen LogP contribution < -0.4 is 11.1 Å². The highest BCUT2D eigenvalue weighted by molar-refractivity contribution is 6.32. The first kappa shape index (κ1) is 20.0. The van der Waals surface area contributed by atoms with Crippen molar-refractivity contribution in [3.63, 3.8) is 0 Å². The molecule has 0 spiro atoms. The molecule has 3 N–H and O–H groups in total. The van der Waals surface area contributed by atoms with Crippen LogP contribution in [0.2, 0.25) is 5.02 Å². The van der Waals surface area contributed by atoms with E-state index in [1.54, 1.807) is 0 Å². The molecular formula is C18H15ClN6O4. The number of carbonyl (C=O) groups is 1. The molecular weight excluding hydrogens is 400 g/mol. The second-order valence-electron chi connectivity index (χ2n) is 5.92. The number of carbonyl (C=O) groups excluding carboxylic acids is 1. The molecule has 0 radical (unpaired) electrons. The van der Waals surface area contributed by atoms with Gasteiger partial charge >= 0.3 is 5.97 Å². The first-order chi connectivity index (χ1) is 13.8. The number of hydrogen-bond acceptors (Lipinski definition) is 9. The fourth-order valence-electron chi connectivity index (χ4n) is 2.32. The van der Waals surface area contributed by atoms with Crippen LogP contribution >= 0.6 is 11.6 Å². The number of nitro benzene ring substituents is 1. The Kier molecular flexibility index (Phi) is 5.84. The molecule has 3 rings (SSSR count). The Hall–Kier alpha value is -3.79. The number of esters is 1. The van der Waals surface area contributed by atoms with Crippen molar-refractivity contribution in [1.82, 2.24) is 15.0 Å². The number of anilines is 3. The molecule has 0 aliphatic heterocycles. The van der Waals surface area contributed by atoms with E-state index in [-0.39, 0.29) is 34.9 Å². The van der Waals surface area contributed by atoms with Crippen LogP contribution in [0.3, 0.4) is 0 Å². The zero-order valence-electron chi connectivity index (χ0n) is 15.1. The van der Waals surface area contributed by atoms with Gasteiger partial charge in [-0.1, -0.05) is 29.3 Å². The van der Waals surface area contributed by atoms with Gasteiger partial charge in [-0.3, -0.25) is 10.1 Å². The third-order valence-corrected chi connectivity index (χ3v) is 4.04. The molecule has 0 saturated heterocycles. The van der Waals surface area contributed by atoms with Crippen molar-refractivity contribution in [3.8, 4) is 0 Å². The van der Waals surface area contributed by atoms with E-state index in [1.807, 2.05) is 31.2 Å². The maximum absolute atomic E-state index is 12.2. The minimum absolute atomic E-state index is 0.0267. The molecule has 148 valence electrons. The Labute approximate surface area is 169 Å². The van der Waals surface area contributed by atoms with E-state index in [4.69, 9.17) is 22.1 Å². The molecule has 0 saturated carbocycles. The van der Waals surface area contributed by atoms with Crippen LogP contribution in [0.1, 0.15) is 21.7 Å². The Balaban J connectivity index is 1.71. The number of halogens is 1. The molecule has 29 heavy (non-hydrogen) atoms. The summed E-state index contributed by atoms with van der Waals surface area (Å²) in [6.45, 7) is 1.66. The number of rotatable bonds is 6. The molecule has 0 aliphatic carbocycles. The van der Waals surface area contributed by atoms with Gasteiger partial charge in [-0.05, 0) is 31.2 Å². The van der Waals surface area contributed by atoms with Crippen molar-refractivity contribution < 1.29 is 14.5 Å². The van der Waals surface area contributed by atoms with Crippen LogP contribution in [0.15, 0.2) is 42.5 Å². The van der Waals surface area contributed by atoms with Gasteiger partial charge in [0, 0.05) is 11.8 Å². The summed E-state index contributed by atoms with van der Waals surface area (Å²) in [7, 11) is 0. The lowest BCUT2D eigenvalue weighted by Crippen LogP contribution is -2.11. The standard InChI is InChI=1S/C18H15ClN6O4/c1-10-2-5-12(6-3-10)21-18-23-15(22-17(20)24-18)9-29-16(26)11-4-7-13(19)14(8-11)25(27)28/h2-8H,9H2,1H3,(H3,20,21,22,23,24). The third-order valence-electron chi connectivity index (χ3n) is 3.72. The van der Waals surface area contributed by atoms with Crippen LogP contribution in [0, 0.1) is 17.0 Å². The minimum Gasteiger partial charge on any atom is -0.454 e. The zero-order chi connectivity index (χ0) is 21.0. The van der Waals surface area contributed by atoms with E-state index < -0.39 is 16.6 Å². The summed E-state index contributed by atoms with van der Waals surface area (Å²) in [6.07, 6.45) is 0. The Bertz CT molecular complexity index is 1070. The second kappa shape index (κ2) is 8.48. The number of ether oxygens (including phenoxy) is 1. The quantitative estimate of drug-likeness (QED) is 0.351. The molecule has 10 nitrogen and oxygen atoms in total. The molecule has 0 amide bonds. The predicted molar refractivity (Wildman–Crippen MR) is 106 cm³/mol. The Morgan fingerprint density at radius 3 is 2.62 bits per heavy atom. The average molecular weight is 415 g/mol. The number of benzene rings is 2. The lowest BCUT2D eigenvalue weighted by atomic mass is 10.2. The van der Waals surface area contributed by atoms with Gasteiger partial charge in [0.1, 0.15) is 5.02 Å². The van der Waals surface area contributed by atoms with Gasteiger partial charge < -0.3 is 15.8 Å². The van der Waals surface area contributed by atoms with Crippen LogP contribution in [0.4, 0.5) is 23.3 Å². The molecule has 11 heteroatoms. The van der Waals surface area contributed by atoms with Gasteiger partial charge in [-0.15, -0.1) is 0 Å². The molecule has 0 atom stereocenters. The number of nitrogens with zero attached hydrogens (tertiary/aromatic N) is 4. The molecule has 2 aromatic carbocycles. The van der Waals surface area contributed by atoms with E-state index >= 15 is 0 Å². The fraction of sp³-hybridized carbons (Fsp3) is 0.111. The first-order valence-corrected chi connectivity index (χ1v) is 8.65. The zero-order valence-corrected chi connectivity index (χ0v) is 15.9. The Morgan fingerprint density at radius 1 is 1.21 bits per heavy atom. The summed E-state index contributed by atoms with van der Waals surface area (Å²) < 4.78 is 5.12. The average Bonchev–Trinajstić information content (AvgIpc) is 2.67. The number of aromatic nitrogens is 3. The van der Waals surface area contributed by atoms with E-state index in [0.29, 0.717) is 0 Å². The maximum Gasteiger partial charge on any atom is 0.338 e. The van der Waals surface area contributed by atoms with Crippen LogP contribution in [0.25, 0.3) is 0 Å².